The number of fused-ring (bicyclic) bond motifs is 1. The summed E-state index contributed by atoms with van der Waals surface area (Å²) >= 11 is 0. The molecule has 2 aromatic carbocycles. The van der Waals surface area contributed by atoms with Gasteiger partial charge in [-0.2, -0.15) is 0 Å². The predicted molar refractivity (Wildman–Crippen MR) is 126 cm³/mol. The van der Waals surface area contributed by atoms with Gasteiger partial charge in [-0.15, -0.1) is 0 Å². The average molecular weight is 421 g/mol. The molecule has 0 bridgehead atoms. The third-order valence-electron chi connectivity index (χ3n) is 5.41. The van der Waals surface area contributed by atoms with Gasteiger partial charge in [-0.25, -0.2) is 0 Å². The number of H-pyrrole nitrogens is 1. The summed E-state index contributed by atoms with van der Waals surface area (Å²) in [5, 5.41) is 4.05. The van der Waals surface area contributed by atoms with Gasteiger partial charge in [0.1, 0.15) is 6.04 Å². The van der Waals surface area contributed by atoms with Gasteiger partial charge in [-0.05, 0) is 43.1 Å². The second-order valence-electron chi connectivity index (χ2n) is 7.75. The van der Waals surface area contributed by atoms with E-state index in [4.69, 9.17) is 5.73 Å². The lowest BCUT2D eigenvalue weighted by molar-refractivity contribution is -0.127. The Bertz CT molecular complexity index is 983. The number of para-hydroxylation sites is 2. The molecule has 0 radical (unpaired) electrons. The summed E-state index contributed by atoms with van der Waals surface area (Å²) in [5.41, 5.74) is 8.44. The van der Waals surface area contributed by atoms with Gasteiger partial charge in [0.25, 0.3) is 0 Å². The van der Waals surface area contributed by atoms with E-state index < -0.39 is 6.04 Å². The molecular weight excluding hydrogens is 388 g/mol. The topological polar surface area (TPSA) is 91.2 Å². The fourth-order valence-corrected chi connectivity index (χ4v) is 3.73. The molecule has 0 spiro atoms. The van der Waals surface area contributed by atoms with Gasteiger partial charge < -0.3 is 20.9 Å². The van der Waals surface area contributed by atoms with Crippen molar-refractivity contribution in [2.45, 2.75) is 45.1 Å². The highest BCUT2D eigenvalue weighted by molar-refractivity contribution is 5.99. The molecule has 0 saturated carbocycles. The molecule has 4 N–H and O–H groups in total. The van der Waals surface area contributed by atoms with Crippen molar-refractivity contribution in [2.75, 3.05) is 18.0 Å². The molecule has 31 heavy (non-hydrogen) atoms. The highest BCUT2D eigenvalue weighted by Crippen LogP contribution is 2.22. The van der Waals surface area contributed by atoms with E-state index in [9.17, 15) is 9.59 Å². The van der Waals surface area contributed by atoms with Crippen LogP contribution in [-0.2, 0) is 16.0 Å². The molecule has 3 rings (SSSR count). The summed E-state index contributed by atoms with van der Waals surface area (Å²) in [6.07, 6.45) is 5.13. The zero-order chi connectivity index (χ0) is 22.1. The summed E-state index contributed by atoms with van der Waals surface area (Å²) < 4.78 is 0. The molecule has 6 heteroatoms. The van der Waals surface area contributed by atoms with Crippen LogP contribution >= 0.6 is 0 Å². The van der Waals surface area contributed by atoms with E-state index in [1.807, 2.05) is 60.8 Å². The average Bonchev–Trinajstić information content (AvgIpc) is 3.21. The number of benzene rings is 2. The summed E-state index contributed by atoms with van der Waals surface area (Å²) in [6.45, 7) is 3.16. The lowest BCUT2D eigenvalue weighted by Crippen LogP contribution is -2.50. The number of carbonyl (C=O) groups is 2. The first kappa shape index (κ1) is 22.6. The SMILES string of the molecule is CCCCN(C(=O)C(Cc1c[nH]c2ccccc12)NC(=O)CCCN)c1ccccc1. The first-order valence-electron chi connectivity index (χ1n) is 11.0. The lowest BCUT2D eigenvalue weighted by atomic mass is 10.0. The number of amides is 2. The molecular formula is C25H32N4O2. The fourth-order valence-electron chi connectivity index (χ4n) is 3.73. The fraction of sp³-hybridized carbons (Fsp3) is 0.360. The maximum atomic E-state index is 13.7. The Labute approximate surface area is 183 Å². The Morgan fingerprint density at radius 3 is 2.55 bits per heavy atom. The third kappa shape index (κ3) is 5.95. The number of nitrogens with one attached hydrogen (secondary N) is 2. The quantitative estimate of drug-likeness (QED) is 0.441. The molecule has 0 aliphatic heterocycles. The monoisotopic (exact) mass is 420 g/mol. The van der Waals surface area contributed by atoms with Crippen molar-refractivity contribution in [3.63, 3.8) is 0 Å². The van der Waals surface area contributed by atoms with Gasteiger partial charge >= 0.3 is 0 Å². The molecule has 1 aromatic heterocycles. The number of nitrogens with zero attached hydrogens (tertiary/aromatic N) is 1. The smallest absolute Gasteiger partial charge is 0.249 e. The first-order valence-corrected chi connectivity index (χ1v) is 11.0. The molecule has 164 valence electrons. The Balaban J connectivity index is 1.89. The van der Waals surface area contributed by atoms with Gasteiger partial charge in [0.15, 0.2) is 0 Å². The van der Waals surface area contributed by atoms with Crippen LogP contribution < -0.4 is 16.0 Å². The maximum absolute atomic E-state index is 13.7. The summed E-state index contributed by atoms with van der Waals surface area (Å²) in [6, 6.07) is 17.0. The summed E-state index contributed by atoms with van der Waals surface area (Å²) in [7, 11) is 0. The third-order valence-corrected chi connectivity index (χ3v) is 5.41. The van der Waals surface area contributed by atoms with Crippen LogP contribution in [0.4, 0.5) is 5.69 Å². The van der Waals surface area contributed by atoms with Crippen molar-refractivity contribution in [1.82, 2.24) is 10.3 Å². The van der Waals surface area contributed by atoms with Gasteiger partial charge in [0.05, 0.1) is 0 Å². The van der Waals surface area contributed by atoms with Gasteiger partial charge in [0.2, 0.25) is 11.8 Å². The molecule has 1 heterocycles. The largest absolute Gasteiger partial charge is 0.361 e. The van der Waals surface area contributed by atoms with Crippen molar-refractivity contribution in [2.24, 2.45) is 5.73 Å². The molecule has 0 aliphatic carbocycles. The van der Waals surface area contributed by atoms with Crippen LogP contribution in [0.3, 0.4) is 0 Å². The molecule has 1 unspecified atom stereocenters. The first-order chi connectivity index (χ1) is 15.1. The Morgan fingerprint density at radius 1 is 1.06 bits per heavy atom. The van der Waals surface area contributed by atoms with E-state index in [-0.39, 0.29) is 11.8 Å². The second kappa shape index (κ2) is 11.3. The molecule has 0 fully saturated rings. The number of aromatic amines is 1. The molecule has 0 aliphatic rings. The van der Waals surface area contributed by atoms with Crippen molar-refractivity contribution < 1.29 is 9.59 Å². The molecule has 6 nitrogen and oxygen atoms in total. The van der Waals surface area contributed by atoms with Gasteiger partial charge in [-0.1, -0.05) is 49.7 Å². The van der Waals surface area contributed by atoms with E-state index in [2.05, 4.69) is 17.2 Å². The highest BCUT2D eigenvalue weighted by Gasteiger charge is 2.27. The highest BCUT2D eigenvalue weighted by atomic mass is 16.2. The van der Waals surface area contributed by atoms with Crippen LogP contribution in [0.2, 0.25) is 0 Å². The van der Waals surface area contributed by atoms with E-state index in [1.165, 1.54) is 0 Å². The van der Waals surface area contributed by atoms with E-state index in [1.54, 1.807) is 4.90 Å². The molecule has 3 aromatic rings. The van der Waals surface area contributed by atoms with E-state index in [0.29, 0.717) is 32.4 Å². The molecule has 0 saturated heterocycles. The normalized spacial score (nSPS) is 11.9. The number of unbranched alkanes of at least 4 members (excludes halogenated alkanes) is 1. The Hall–Kier alpha value is -3.12. The van der Waals surface area contributed by atoms with Crippen molar-refractivity contribution in [3.8, 4) is 0 Å². The number of hydrogen-bond donors (Lipinski definition) is 3. The van der Waals surface area contributed by atoms with Crippen molar-refractivity contribution in [3.05, 3.63) is 66.4 Å². The number of carbonyl (C=O) groups excluding carboxylic acids is 2. The minimum Gasteiger partial charge on any atom is -0.361 e. The number of nitrogens with two attached hydrogens (primary N) is 1. The molecule has 2 amide bonds. The second-order valence-corrected chi connectivity index (χ2v) is 7.75. The summed E-state index contributed by atoms with van der Waals surface area (Å²) in [5.74, 6) is -0.238. The lowest BCUT2D eigenvalue weighted by Gasteiger charge is -2.28. The predicted octanol–water partition coefficient (Wildman–Crippen LogP) is 3.77. The van der Waals surface area contributed by atoms with Crippen molar-refractivity contribution in [1.29, 1.82) is 0 Å². The molecule has 1 atom stereocenters. The Morgan fingerprint density at radius 2 is 1.81 bits per heavy atom. The number of aromatic nitrogens is 1. The van der Waals surface area contributed by atoms with Crippen LogP contribution in [-0.4, -0.2) is 35.9 Å². The van der Waals surface area contributed by atoms with Crippen LogP contribution in [0.25, 0.3) is 10.9 Å². The number of hydrogen-bond acceptors (Lipinski definition) is 3. The van der Waals surface area contributed by atoms with Crippen molar-refractivity contribution >= 4 is 28.4 Å². The maximum Gasteiger partial charge on any atom is 0.249 e. The van der Waals surface area contributed by atoms with Gasteiger partial charge in [0, 0.05) is 42.2 Å². The number of rotatable bonds is 11. The number of anilines is 1. The standard InChI is InChI=1S/C25H32N4O2/c1-2-3-16-29(20-10-5-4-6-11-20)25(31)23(28-24(30)14-9-15-26)17-19-18-27-22-13-8-7-12-21(19)22/h4-8,10-13,18,23,27H,2-3,9,14-17,26H2,1H3,(H,28,30). The minimum absolute atomic E-state index is 0.0916. The van der Waals surface area contributed by atoms with Crippen LogP contribution in [0, 0.1) is 0 Å². The summed E-state index contributed by atoms with van der Waals surface area (Å²) in [4.78, 5) is 31.3. The van der Waals surface area contributed by atoms with Crippen LogP contribution in [0.15, 0.2) is 60.8 Å². The Kier molecular flexibility index (Phi) is 8.24. The zero-order valence-electron chi connectivity index (χ0n) is 18.1. The van der Waals surface area contributed by atoms with E-state index in [0.717, 1.165) is 35.0 Å². The van der Waals surface area contributed by atoms with E-state index >= 15 is 0 Å². The minimum atomic E-state index is -0.651. The zero-order valence-corrected chi connectivity index (χ0v) is 18.1. The van der Waals surface area contributed by atoms with Gasteiger partial charge in [-0.3, -0.25) is 9.59 Å². The van der Waals surface area contributed by atoms with Crippen LogP contribution in [0.1, 0.15) is 38.2 Å². The van der Waals surface area contributed by atoms with Crippen LogP contribution in [0.5, 0.6) is 0 Å².